The van der Waals surface area contributed by atoms with Gasteiger partial charge in [-0.15, -0.1) is 0 Å². The third-order valence-corrected chi connectivity index (χ3v) is 13.0. The van der Waals surface area contributed by atoms with E-state index in [-0.39, 0.29) is 9.41 Å². The normalized spacial score (nSPS) is 17.9. The minimum Gasteiger partial charge on any atom is -1.00 e. The van der Waals surface area contributed by atoms with Crippen LogP contribution in [0.4, 0.5) is 0 Å². The van der Waals surface area contributed by atoms with Crippen LogP contribution >= 0.6 is 43.6 Å². The third kappa shape index (κ3) is 4.19. The zero-order valence-electron chi connectivity index (χ0n) is 18.8. The molecule has 2 aliphatic heterocycles. The average molecular weight is 700 g/mol. The van der Waals surface area contributed by atoms with Crippen LogP contribution in [0.5, 0.6) is 0 Å². The Morgan fingerprint density at radius 3 is 2.06 bits per heavy atom. The van der Waals surface area contributed by atoms with Gasteiger partial charge in [0, 0.05) is 0 Å². The van der Waals surface area contributed by atoms with Gasteiger partial charge in [0.25, 0.3) is 0 Å². The smallest absolute Gasteiger partial charge is 1.00 e. The van der Waals surface area contributed by atoms with E-state index < -0.39 is 23.2 Å². The maximum atomic E-state index is 3.92. The van der Waals surface area contributed by atoms with E-state index in [9.17, 15) is 0 Å². The predicted molar refractivity (Wildman–Crippen MR) is 145 cm³/mol. The fraction of sp³-hybridized carbons (Fsp3) is 0.0667. The Labute approximate surface area is 241 Å². The fourth-order valence-corrected chi connectivity index (χ4v) is 11.8. The van der Waals surface area contributed by atoms with Crippen molar-refractivity contribution >= 4 is 55.8 Å². The molecule has 0 amide bonds. The van der Waals surface area contributed by atoms with Crippen molar-refractivity contribution < 1.29 is 32.6 Å². The molecule has 0 radical (unpaired) electrons. The fourth-order valence-electron chi connectivity index (χ4n) is 5.48. The first-order valence-electron chi connectivity index (χ1n) is 11.3. The quantitative estimate of drug-likeness (QED) is 0.316. The van der Waals surface area contributed by atoms with Crippen LogP contribution in [0.25, 0.3) is 12.2 Å². The van der Waals surface area contributed by atoms with E-state index in [1.165, 1.54) is 52.1 Å². The van der Waals surface area contributed by atoms with Gasteiger partial charge < -0.3 is 9.41 Å². The van der Waals surface area contributed by atoms with Crippen molar-refractivity contribution in [2.24, 2.45) is 0 Å². The van der Waals surface area contributed by atoms with Crippen LogP contribution < -0.4 is 9.41 Å². The van der Waals surface area contributed by atoms with Gasteiger partial charge in [-0.3, -0.25) is 0 Å². The molecule has 0 saturated carbocycles. The number of benzene rings is 4. The van der Waals surface area contributed by atoms with Gasteiger partial charge in [-0.25, -0.2) is 0 Å². The van der Waals surface area contributed by atoms with Crippen LogP contribution in [0.3, 0.4) is 0 Å². The molecule has 2 unspecified atom stereocenters. The molecule has 6 bridgehead atoms. The third-order valence-electron chi connectivity index (χ3n) is 6.95. The second-order valence-corrected chi connectivity index (χ2v) is 15.2. The standard InChI is InChI=1S/C15H8BrS.C15H10Br.2FH.Zr/c16-13-7-8-14-12-6-5-11(15(12)13)9-1-3-10(17-14)4-2-9;16-14-8-4-7-12-9-10-13(15(12)14)11-5-2-1-3-6-11;;;/h1-4,6-8,11H;1-9,13H;2*1H;/q;;;;+2/p-2. The van der Waals surface area contributed by atoms with Crippen molar-refractivity contribution in [3.05, 3.63) is 134 Å². The van der Waals surface area contributed by atoms with E-state index in [0.29, 0.717) is 11.8 Å². The summed E-state index contributed by atoms with van der Waals surface area (Å²) >= 11 is 8.62. The monoisotopic (exact) mass is 696 g/mol. The summed E-state index contributed by atoms with van der Waals surface area (Å²) in [6.07, 6.45) is 5.06. The van der Waals surface area contributed by atoms with Crippen molar-refractivity contribution in [3.63, 3.8) is 0 Å². The first kappa shape index (κ1) is 26.0. The van der Waals surface area contributed by atoms with Gasteiger partial charge in [-0.2, -0.15) is 0 Å². The molecule has 36 heavy (non-hydrogen) atoms. The molecule has 0 fully saturated rings. The van der Waals surface area contributed by atoms with E-state index in [4.69, 9.17) is 0 Å². The number of rotatable bonds is 3. The van der Waals surface area contributed by atoms with Crippen LogP contribution in [0.15, 0.2) is 110 Å². The maximum absolute atomic E-state index is 3.92. The Morgan fingerprint density at radius 1 is 0.611 bits per heavy atom. The molecule has 4 aromatic carbocycles. The summed E-state index contributed by atoms with van der Waals surface area (Å²) < 4.78 is 5.74. The van der Waals surface area contributed by atoms with Gasteiger partial charge >= 0.3 is 234 Å². The summed E-state index contributed by atoms with van der Waals surface area (Å²) in [4.78, 5) is 2.69. The van der Waals surface area contributed by atoms with Crippen LogP contribution in [0.1, 0.15) is 45.2 Å². The van der Waals surface area contributed by atoms with Gasteiger partial charge in [0.15, 0.2) is 0 Å². The van der Waals surface area contributed by atoms with E-state index in [1.54, 1.807) is 6.56 Å². The SMILES string of the molecule is Brc1cccc2c1C(c1ccccc1)[C]([Zr+2][C]1=Cc3c4ccc(Br)c3C1c1ccc(cc1)S4)=C2.[F-].[F-]. The zero-order valence-corrected chi connectivity index (χ0v) is 25.3. The summed E-state index contributed by atoms with van der Waals surface area (Å²) in [6, 6.07) is 31.5. The Balaban J connectivity index is 0.00000133. The zero-order chi connectivity index (χ0) is 22.8. The van der Waals surface area contributed by atoms with Gasteiger partial charge in [-0.1, -0.05) is 0 Å². The molecule has 4 aliphatic rings. The van der Waals surface area contributed by atoms with Gasteiger partial charge in [0.2, 0.25) is 0 Å². The summed E-state index contributed by atoms with van der Waals surface area (Å²) in [7, 11) is 0. The van der Waals surface area contributed by atoms with Crippen LogP contribution in [-0.2, 0) is 23.2 Å². The molecule has 0 spiro atoms. The molecular weight excluding hydrogens is 681 g/mol. The number of allylic oxidation sites excluding steroid dienone is 2. The van der Waals surface area contributed by atoms with Crippen LogP contribution in [-0.4, -0.2) is 0 Å². The Hall–Kier alpha value is -1.59. The van der Waals surface area contributed by atoms with Crippen LogP contribution in [0, 0.1) is 0 Å². The summed E-state index contributed by atoms with van der Waals surface area (Å²) in [5.41, 5.74) is 8.51. The van der Waals surface area contributed by atoms with E-state index in [1.807, 2.05) is 11.8 Å². The van der Waals surface area contributed by atoms with Crippen molar-refractivity contribution in [2.75, 3.05) is 0 Å². The second kappa shape index (κ2) is 10.3. The molecule has 6 heteroatoms. The summed E-state index contributed by atoms with van der Waals surface area (Å²) in [5, 5.41) is 0. The number of halogens is 4. The minimum atomic E-state index is -1.07. The predicted octanol–water partition coefficient (Wildman–Crippen LogP) is 3.44. The molecule has 2 aliphatic carbocycles. The summed E-state index contributed by atoms with van der Waals surface area (Å²) in [6.45, 7) is 0. The van der Waals surface area contributed by atoms with Crippen molar-refractivity contribution in [2.45, 2.75) is 21.6 Å². The average Bonchev–Trinajstić information content (AvgIpc) is 3.43. The molecule has 176 valence electrons. The Kier molecular flexibility index (Phi) is 7.44. The number of fused-ring (bicyclic) bond motifs is 3. The summed E-state index contributed by atoms with van der Waals surface area (Å²) in [5.74, 6) is 0.698. The van der Waals surface area contributed by atoms with Gasteiger partial charge in [0.1, 0.15) is 0 Å². The molecule has 0 nitrogen and oxygen atoms in total. The first-order chi connectivity index (χ1) is 16.7. The number of hydrogen-bond acceptors (Lipinski definition) is 1. The topological polar surface area (TPSA) is 0 Å². The Morgan fingerprint density at radius 2 is 1.28 bits per heavy atom. The molecule has 0 saturated heterocycles. The minimum absolute atomic E-state index is 0. The molecule has 0 N–H and O–H groups in total. The number of hydrogen-bond donors (Lipinski definition) is 0. The molecule has 8 rings (SSSR count). The van der Waals surface area contributed by atoms with Crippen molar-refractivity contribution in [1.82, 2.24) is 0 Å². The molecule has 4 aromatic rings. The van der Waals surface area contributed by atoms with Crippen molar-refractivity contribution in [1.29, 1.82) is 0 Å². The maximum Gasteiger partial charge on any atom is -1.00 e. The second-order valence-electron chi connectivity index (χ2n) is 8.89. The molecule has 0 aromatic heterocycles. The van der Waals surface area contributed by atoms with Gasteiger partial charge in [-0.05, 0) is 0 Å². The van der Waals surface area contributed by atoms with E-state index in [2.05, 4.69) is 129 Å². The Bertz CT molecular complexity index is 1530. The van der Waals surface area contributed by atoms with Crippen molar-refractivity contribution in [3.8, 4) is 0 Å². The largest absolute Gasteiger partial charge is 1.00 e. The van der Waals surface area contributed by atoms with Crippen LogP contribution in [0.2, 0.25) is 0 Å². The first-order valence-corrected chi connectivity index (χ1v) is 16.2. The van der Waals surface area contributed by atoms with E-state index in [0.717, 1.165) is 0 Å². The van der Waals surface area contributed by atoms with Gasteiger partial charge in [0.05, 0.1) is 0 Å². The van der Waals surface area contributed by atoms with E-state index >= 15 is 0 Å². The molecule has 2 heterocycles. The molecular formula is C30H18Br2F2SZr. The molecule has 2 atom stereocenters.